The molecule has 0 aromatic carbocycles. The Morgan fingerprint density at radius 3 is 1.56 bits per heavy atom. The molecule has 0 spiro atoms. The summed E-state index contributed by atoms with van der Waals surface area (Å²) in [4.78, 5) is 0. The highest BCUT2D eigenvalue weighted by molar-refractivity contribution is 4.83. The lowest BCUT2D eigenvalue weighted by Crippen LogP contribution is -1.80. The molecule has 0 aliphatic heterocycles. The molecule has 0 unspecified atom stereocenters. The van der Waals surface area contributed by atoms with E-state index in [1.807, 2.05) is 6.08 Å². The third-order valence-electron chi connectivity index (χ3n) is 3.30. The summed E-state index contributed by atoms with van der Waals surface area (Å²) in [6, 6.07) is 0. The van der Waals surface area contributed by atoms with Crippen LogP contribution in [0.5, 0.6) is 0 Å². The van der Waals surface area contributed by atoms with Crippen LogP contribution >= 0.6 is 0 Å². The van der Waals surface area contributed by atoms with Crippen molar-refractivity contribution in [2.24, 2.45) is 0 Å². The minimum atomic E-state index is 1.21. The fraction of sp³-hybridized carbons (Fsp3) is 0.722. The first-order valence-electron chi connectivity index (χ1n) is 8.01. The van der Waals surface area contributed by atoms with Gasteiger partial charge in [0.05, 0.1) is 0 Å². The Labute approximate surface area is 116 Å². The summed E-state index contributed by atoms with van der Waals surface area (Å²) in [6.45, 7) is 5.95. The minimum Gasteiger partial charge on any atom is -0.0885 e. The number of rotatable bonds is 13. The van der Waals surface area contributed by atoms with Crippen molar-refractivity contribution >= 4 is 0 Å². The molecule has 0 rings (SSSR count). The SMILES string of the molecule is [CH2]C=CCCCCCCCCCC=CCCCC. The maximum absolute atomic E-state index is 3.70. The molecule has 0 atom stereocenters. The summed E-state index contributed by atoms with van der Waals surface area (Å²) in [5, 5.41) is 0. The fourth-order valence-electron chi connectivity index (χ4n) is 2.08. The van der Waals surface area contributed by atoms with Crippen LogP contribution in [0.25, 0.3) is 0 Å². The van der Waals surface area contributed by atoms with Crippen LogP contribution in [0.1, 0.15) is 84.0 Å². The lowest BCUT2D eigenvalue weighted by atomic mass is 10.1. The first-order valence-corrected chi connectivity index (χ1v) is 8.01. The molecule has 0 nitrogen and oxygen atoms in total. The molecular weight excluding hydrogens is 216 g/mol. The zero-order valence-electron chi connectivity index (χ0n) is 12.5. The van der Waals surface area contributed by atoms with Crippen LogP contribution in [0, 0.1) is 6.92 Å². The van der Waals surface area contributed by atoms with Crippen LogP contribution in [0.2, 0.25) is 0 Å². The van der Waals surface area contributed by atoms with Gasteiger partial charge < -0.3 is 0 Å². The molecule has 0 heterocycles. The minimum absolute atomic E-state index is 1.21. The molecule has 18 heavy (non-hydrogen) atoms. The molecule has 0 bridgehead atoms. The van der Waals surface area contributed by atoms with Gasteiger partial charge in [0, 0.05) is 0 Å². The molecule has 0 aromatic rings. The van der Waals surface area contributed by atoms with Crippen molar-refractivity contribution in [2.45, 2.75) is 84.0 Å². The summed E-state index contributed by atoms with van der Waals surface area (Å²) in [5.74, 6) is 0. The van der Waals surface area contributed by atoms with E-state index in [9.17, 15) is 0 Å². The Morgan fingerprint density at radius 2 is 1.06 bits per heavy atom. The van der Waals surface area contributed by atoms with E-state index in [-0.39, 0.29) is 0 Å². The van der Waals surface area contributed by atoms with Crippen LogP contribution in [0.3, 0.4) is 0 Å². The molecule has 0 saturated carbocycles. The second-order valence-electron chi connectivity index (χ2n) is 5.14. The fourth-order valence-corrected chi connectivity index (χ4v) is 2.08. The summed E-state index contributed by atoms with van der Waals surface area (Å²) in [5.41, 5.74) is 0. The van der Waals surface area contributed by atoms with E-state index >= 15 is 0 Å². The average Bonchev–Trinajstić information content (AvgIpc) is 2.39. The molecule has 0 amide bonds. The van der Waals surface area contributed by atoms with E-state index in [2.05, 4.69) is 32.1 Å². The maximum atomic E-state index is 3.70. The Balaban J connectivity index is 3.00. The second-order valence-corrected chi connectivity index (χ2v) is 5.14. The van der Waals surface area contributed by atoms with Gasteiger partial charge in [0.15, 0.2) is 0 Å². The van der Waals surface area contributed by atoms with E-state index < -0.39 is 0 Å². The molecule has 0 saturated heterocycles. The van der Waals surface area contributed by atoms with Crippen LogP contribution < -0.4 is 0 Å². The zero-order valence-corrected chi connectivity index (χ0v) is 12.5. The van der Waals surface area contributed by atoms with Gasteiger partial charge in [0.2, 0.25) is 0 Å². The third kappa shape index (κ3) is 15.5. The van der Waals surface area contributed by atoms with Gasteiger partial charge in [-0.05, 0) is 39.0 Å². The number of hydrogen-bond donors (Lipinski definition) is 0. The molecule has 0 N–H and O–H groups in total. The Morgan fingerprint density at radius 1 is 0.611 bits per heavy atom. The smallest absolute Gasteiger partial charge is 0.0316 e. The van der Waals surface area contributed by atoms with Gasteiger partial charge in [0.1, 0.15) is 0 Å². The van der Waals surface area contributed by atoms with Gasteiger partial charge in [-0.15, -0.1) is 0 Å². The highest BCUT2D eigenvalue weighted by atomic mass is 14.0. The standard InChI is InChI=1S/C18H33/c1-3-5-7-9-11-13-15-17-18-16-14-12-10-8-6-4-2/h3,5,10,12H,1,4,6-9,11,13-18H2,2H3. The van der Waals surface area contributed by atoms with Gasteiger partial charge in [-0.2, -0.15) is 0 Å². The normalized spacial score (nSPS) is 11.9. The summed E-state index contributed by atoms with van der Waals surface area (Å²) in [6.07, 6.45) is 25.0. The van der Waals surface area contributed by atoms with E-state index in [1.54, 1.807) is 0 Å². The molecule has 105 valence electrons. The topological polar surface area (TPSA) is 0 Å². The van der Waals surface area contributed by atoms with E-state index in [1.165, 1.54) is 77.0 Å². The average molecular weight is 249 g/mol. The van der Waals surface area contributed by atoms with Crippen LogP contribution in [-0.2, 0) is 0 Å². The van der Waals surface area contributed by atoms with E-state index in [0.29, 0.717) is 0 Å². The van der Waals surface area contributed by atoms with E-state index in [4.69, 9.17) is 0 Å². The van der Waals surface area contributed by atoms with Crippen molar-refractivity contribution in [1.29, 1.82) is 0 Å². The quantitative estimate of drug-likeness (QED) is 0.254. The largest absolute Gasteiger partial charge is 0.0885 e. The summed E-state index contributed by atoms with van der Waals surface area (Å²) >= 11 is 0. The summed E-state index contributed by atoms with van der Waals surface area (Å²) < 4.78 is 0. The number of hydrogen-bond acceptors (Lipinski definition) is 0. The van der Waals surface area contributed by atoms with Crippen molar-refractivity contribution < 1.29 is 0 Å². The summed E-state index contributed by atoms with van der Waals surface area (Å²) in [7, 11) is 0. The third-order valence-corrected chi connectivity index (χ3v) is 3.30. The number of unbranched alkanes of at least 4 members (excludes halogenated alkanes) is 10. The van der Waals surface area contributed by atoms with Gasteiger partial charge in [-0.1, -0.05) is 76.2 Å². The first kappa shape index (κ1) is 17.5. The van der Waals surface area contributed by atoms with Crippen molar-refractivity contribution in [3.05, 3.63) is 31.2 Å². The lowest BCUT2D eigenvalue weighted by molar-refractivity contribution is 0.583. The molecule has 0 fully saturated rings. The monoisotopic (exact) mass is 249 g/mol. The highest BCUT2D eigenvalue weighted by Crippen LogP contribution is 2.10. The van der Waals surface area contributed by atoms with Crippen molar-refractivity contribution in [3.8, 4) is 0 Å². The maximum Gasteiger partial charge on any atom is -0.0316 e. The highest BCUT2D eigenvalue weighted by Gasteiger charge is 1.90. The molecular formula is C18H33. The Bertz CT molecular complexity index is 188. The van der Waals surface area contributed by atoms with Crippen molar-refractivity contribution in [3.63, 3.8) is 0 Å². The van der Waals surface area contributed by atoms with E-state index in [0.717, 1.165) is 0 Å². The predicted octanol–water partition coefficient (Wildman–Crippen LogP) is 6.63. The molecule has 0 aliphatic carbocycles. The van der Waals surface area contributed by atoms with Crippen LogP contribution in [-0.4, -0.2) is 0 Å². The molecule has 1 radical (unpaired) electrons. The molecule has 0 aliphatic rings. The first-order chi connectivity index (χ1) is 8.91. The Kier molecular flexibility index (Phi) is 16.0. The molecule has 0 aromatic heterocycles. The van der Waals surface area contributed by atoms with Crippen molar-refractivity contribution in [1.82, 2.24) is 0 Å². The van der Waals surface area contributed by atoms with Gasteiger partial charge in [-0.3, -0.25) is 0 Å². The van der Waals surface area contributed by atoms with Crippen LogP contribution in [0.15, 0.2) is 24.3 Å². The lowest BCUT2D eigenvalue weighted by Gasteiger charge is -2.00. The Hall–Kier alpha value is -0.520. The predicted molar refractivity (Wildman–Crippen MR) is 84.7 cm³/mol. The zero-order chi connectivity index (χ0) is 13.3. The van der Waals surface area contributed by atoms with Gasteiger partial charge in [0.25, 0.3) is 0 Å². The van der Waals surface area contributed by atoms with Crippen molar-refractivity contribution in [2.75, 3.05) is 0 Å². The van der Waals surface area contributed by atoms with Gasteiger partial charge >= 0.3 is 0 Å². The number of allylic oxidation sites excluding steroid dienone is 4. The van der Waals surface area contributed by atoms with Crippen LogP contribution in [0.4, 0.5) is 0 Å². The van der Waals surface area contributed by atoms with Gasteiger partial charge in [-0.25, -0.2) is 0 Å². The second kappa shape index (κ2) is 16.5. The molecule has 0 heteroatoms.